The van der Waals surface area contributed by atoms with Gasteiger partial charge in [-0.05, 0) is 76.9 Å². The number of carboxylic acids is 1. The number of aliphatic hydroxyl groups is 1. The monoisotopic (exact) mass is 658 g/mol. The Labute approximate surface area is 271 Å². The predicted octanol–water partition coefficient (Wildman–Crippen LogP) is -0.262. The zero-order valence-corrected chi connectivity index (χ0v) is 26.6. The number of hydrogen-bond donors (Lipinski definition) is 6. The van der Waals surface area contributed by atoms with Gasteiger partial charge in [0.1, 0.15) is 17.8 Å². The highest BCUT2D eigenvalue weighted by Crippen LogP contribution is 2.65. The Kier molecular flexibility index (Phi) is 9.53. The molecule has 1 spiro atoms. The molecule has 47 heavy (non-hydrogen) atoms. The Hall–Kier alpha value is -4.21. The highest BCUT2D eigenvalue weighted by Gasteiger charge is 2.72. The van der Waals surface area contributed by atoms with Gasteiger partial charge in [-0.25, -0.2) is 9.59 Å². The van der Waals surface area contributed by atoms with Gasteiger partial charge in [-0.15, -0.1) is 0 Å². The van der Waals surface area contributed by atoms with Crippen LogP contribution in [0.5, 0.6) is 11.5 Å². The lowest BCUT2D eigenvalue weighted by molar-refractivity contribution is -0.174. The largest absolute Gasteiger partial charge is 0.504 e. The lowest BCUT2D eigenvalue weighted by Gasteiger charge is -2.61. The lowest BCUT2D eigenvalue weighted by atomic mass is 9.50. The fraction of sp³-hybridized carbons (Fsp3) is 0.594. The molecule has 1 aromatic carbocycles. The molecule has 2 bridgehead atoms. The van der Waals surface area contributed by atoms with E-state index in [9.17, 15) is 39.3 Å². The van der Waals surface area contributed by atoms with Gasteiger partial charge in [-0.3, -0.25) is 14.4 Å². The molecule has 2 heterocycles. The summed E-state index contributed by atoms with van der Waals surface area (Å²) in [7, 11) is 1.94. The molecule has 1 saturated heterocycles. The number of nitrogens with two attached hydrogens (primary N) is 1. The number of carbonyl (C=O) groups is 5. The van der Waals surface area contributed by atoms with E-state index in [0.29, 0.717) is 44.3 Å². The first-order valence-electron chi connectivity index (χ1n) is 15.8. The molecule has 7 atom stereocenters. The maximum atomic E-state index is 13.2. The van der Waals surface area contributed by atoms with Crippen molar-refractivity contribution in [3.63, 3.8) is 0 Å². The summed E-state index contributed by atoms with van der Waals surface area (Å²) in [5.74, 6) is -4.66. The van der Waals surface area contributed by atoms with E-state index in [-0.39, 0.29) is 36.1 Å². The second kappa shape index (κ2) is 13.1. The fourth-order valence-corrected chi connectivity index (χ4v) is 7.56. The second-order valence-electron chi connectivity index (χ2n) is 12.8. The van der Waals surface area contributed by atoms with E-state index in [2.05, 4.69) is 15.5 Å². The maximum Gasteiger partial charge on any atom is 0.345 e. The third-order valence-electron chi connectivity index (χ3n) is 9.82. The van der Waals surface area contributed by atoms with Crippen LogP contribution in [-0.4, -0.2) is 106 Å². The minimum Gasteiger partial charge on any atom is -0.504 e. The van der Waals surface area contributed by atoms with Gasteiger partial charge in [0, 0.05) is 24.9 Å². The molecule has 0 radical (unpaired) electrons. The van der Waals surface area contributed by atoms with Crippen LogP contribution in [0, 0.1) is 0 Å². The number of nitrogens with one attached hydrogen (secondary N) is 2. The van der Waals surface area contributed by atoms with E-state index in [4.69, 9.17) is 19.9 Å². The van der Waals surface area contributed by atoms with Crippen LogP contribution in [0.15, 0.2) is 24.0 Å². The van der Waals surface area contributed by atoms with Gasteiger partial charge >= 0.3 is 17.9 Å². The first-order chi connectivity index (χ1) is 22.2. The molecule has 2 amide bonds. The number of carboxylic acid groups (broad SMARTS) is 1. The van der Waals surface area contributed by atoms with Crippen molar-refractivity contribution in [3.8, 4) is 11.5 Å². The number of benzene rings is 1. The van der Waals surface area contributed by atoms with Crippen molar-refractivity contribution >= 4 is 29.7 Å². The van der Waals surface area contributed by atoms with Gasteiger partial charge in [-0.1, -0.05) is 6.07 Å². The van der Waals surface area contributed by atoms with Crippen molar-refractivity contribution in [2.75, 3.05) is 20.1 Å². The molecule has 15 nitrogen and oxygen atoms in total. The van der Waals surface area contributed by atoms with E-state index in [0.717, 1.165) is 5.56 Å². The number of nitrogens with zero attached hydrogens (tertiary/aromatic N) is 1. The average molecular weight is 659 g/mol. The third kappa shape index (κ3) is 6.03. The normalized spacial score (nSPS) is 27.2. The predicted molar refractivity (Wildman–Crippen MR) is 163 cm³/mol. The second-order valence-corrected chi connectivity index (χ2v) is 12.8. The molecule has 7 N–H and O–H groups in total. The standard InChI is InChI=1S/C32H42N4O11/c1-16(34-28(40)19(35-17(2)37)6-4-5-12-33)30(43)46-22(29(41)42)15-24(39)45-21-9-10-32(44)23-14-18-7-8-20(38)26-25(18)31(32,27(21)47-26)11-13-36(23)3/h7-9,16,19,22-23,27,38,44H,4-6,10-15,33H2,1-3H3,(H,34,40)(H,35,37)(H,41,42)/t16-,19-,22-,23-,27-,31-,32+/m0/s1. The van der Waals surface area contributed by atoms with Crippen LogP contribution < -0.4 is 21.1 Å². The number of carbonyl (C=O) groups excluding carboxylic acids is 4. The lowest BCUT2D eigenvalue weighted by Crippen LogP contribution is -2.74. The van der Waals surface area contributed by atoms with E-state index in [1.54, 1.807) is 6.08 Å². The number of likely N-dealkylation sites (tertiary alicyclic amines) is 1. The zero-order valence-electron chi connectivity index (χ0n) is 26.6. The number of rotatable bonds is 13. The Morgan fingerprint density at radius 1 is 1.19 bits per heavy atom. The minimum atomic E-state index is -1.94. The number of hydrogen-bond acceptors (Lipinski definition) is 12. The topological polar surface area (TPSA) is 227 Å². The van der Waals surface area contributed by atoms with Crippen LogP contribution in [-0.2, 0) is 45.3 Å². The molecule has 5 rings (SSSR count). The summed E-state index contributed by atoms with van der Waals surface area (Å²) >= 11 is 0. The summed E-state index contributed by atoms with van der Waals surface area (Å²) in [4.78, 5) is 64.4. The number of likely N-dealkylation sites (N-methyl/N-ethyl adjacent to an activating group) is 1. The molecule has 1 aromatic rings. The summed E-state index contributed by atoms with van der Waals surface area (Å²) in [6.45, 7) is 3.56. The molecule has 0 saturated carbocycles. The highest BCUT2D eigenvalue weighted by molar-refractivity contribution is 5.91. The summed E-state index contributed by atoms with van der Waals surface area (Å²) in [6.07, 6.45) is 0.358. The summed E-state index contributed by atoms with van der Waals surface area (Å²) in [5.41, 5.74) is 4.83. The van der Waals surface area contributed by atoms with Crippen LogP contribution in [0.2, 0.25) is 0 Å². The fourth-order valence-electron chi connectivity index (χ4n) is 7.56. The molecule has 15 heteroatoms. The Balaban J connectivity index is 1.26. The maximum absolute atomic E-state index is 13.2. The van der Waals surface area contributed by atoms with Crippen molar-refractivity contribution in [3.05, 3.63) is 35.1 Å². The Bertz CT molecular complexity index is 1500. The third-order valence-corrected chi connectivity index (χ3v) is 9.82. The molecule has 2 aliphatic heterocycles. The smallest absolute Gasteiger partial charge is 0.345 e. The van der Waals surface area contributed by atoms with Crippen LogP contribution in [0.1, 0.15) is 63.5 Å². The minimum absolute atomic E-state index is 0.0705. The van der Waals surface area contributed by atoms with Gasteiger partial charge < -0.3 is 50.8 Å². The summed E-state index contributed by atoms with van der Waals surface area (Å²) in [5, 5.41) is 37.6. The van der Waals surface area contributed by atoms with Crippen molar-refractivity contribution in [2.24, 2.45) is 5.73 Å². The molecule has 2 aliphatic carbocycles. The van der Waals surface area contributed by atoms with Crippen LogP contribution in [0.3, 0.4) is 0 Å². The van der Waals surface area contributed by atoms with Crippen LogP contribution >= 0.6 is 0 Å². The molecular formula is C32H42N4O11. The van der Waals surface area contributed by atoms with Crippen molar-refractivity contribution in [1.29, 1.82) is 0 Å². The molecule has 256 valence electrons. The summed E-state index contributed by atoms with van der Waals surface area (Å²) in [6, 6.07) is 0.853. The van der Waals surface area contributed by atoms with Gasteiger partial charge in [0.15, 0.2) is 17.6 Å². The highest BCUT2D eigenvalue weighted by atomic mass is 16.6. The van der Waals surface area contributed by atoms with Crippen molar-refractivity contribution in [2.45, 2.75) is 100 Å². The number of phenols is 1. The van der Waals surface area contributed by atoms with Crippen LogP contribution in [0.25, 0.3) is 0 Å². The molecule has 4 aliphatic rings. The SMILES string of the molecule is CC(=O)N[C@@H](CCCCN)C(=O)N[C@@H](C)C(=O)O[C@@H](CC(=O)OC1=CC[C@@]2(O)[C@@H]3Cc4ccc(O)c5c4[C@@]2(CCN3C)[C@H]1O5)C(=O)O. The van der Waals surface area contributed by atoms with E-state index >= 15 is 0 Å². The number of aromatic hydroxyl groups is 1. The van der Waals surface area contributed by atoms with E-state index in [1.165, 1.54) is 19.9 Å². The van der Waals surface area contributed by atoms with Crippen LogP contribution in [0.4, 0.5) is 0 Å². The van der Waals surface area contributed by atoms with Gasteiger partial charge in [-0.2, -0.15) is 0 Å². The van der Waals surface area contributed by atoms with E-state index in [1.807, 2.05) is 13.1 Å². The number of aliphatic carboxylic acids is 1. The number of unbranched alkanes of at least 4 members (excludes halogenated alkanes) is 1. The molecular weight excluding hydrogens is 616 g/mol. The first-order valence-corrected chi connectivity index (χ1v) is 15.8. The van der Waals surface area contributed by atoms with E-state index < -0.39 is 71.5 Å². The number of piperidine rings is 1. The van der Waals surface area contributed by atoms with Crippen molar-refractivity contribution < 1.29 is 53.5 Å². The Morgan fingerprint density at radius 3 is 2.62 bits per heavy atom. The van der Waals surface area contributed by atoms with Gasteiger partial charge in [0.25, 0.3) is 0 Å². The number of amides is 2. The number of esters is 2. The first kappa shape index (κ1) is 34.1. The quantitative estimate of drug-likeness (QED) is 0.119. The van der Waals surface area contributed by atoms with Crippen molar-refractivity contribution in [1.82, 2.24) is 15.5 Å². The molecule has 0 unspecified atom stereocenters. The number of phenolic OH excluding ortho intramolecular Hbond substituents is 1. The Morgan fingerprint density at radius 2 is 1.94 bits per heavy atom. The number of ether oxygens (including phenoxy) is 3. The molecule has 0 aromatic heterocycles. The zero-order chi connectivity index (χ0) is 34.3. The van der Waals surface area contributed by atoms with Gasteiger partial charge in [0.05, 0.1) is 17.4 Å². The average Bonchev–Trinajstić information content (AvgIpc) is 3.37. The molecule has 1 fully saturated rings. The van der Waals surface area contributed by atoms with Gasteiger partial charge in [0.2, 0.25) is 17.9 Å². The summed E-state index contributed by atoms with van der Waals surface area (Å²) < 4.78 is 17.0.